The first-order valence-corrected chi connectivity index (χ1v) is 7.05. The van der Waals surface area contributed by atoms with Gasteiger partial charge >= 0.3 is 0 Å². The van der Waals surface area contributed by atoms with Crippen molar-refractivity contribution in [3.05, 3.63) is 81.4 Å². The zero-order valence-corrected chi connectivity index (χ0v) is 12.9. The molecule has 7 heteroatoms. The average Bonchev–Trinajstić information content (AvgIpc) is 2.58. The van der Waals surface area contributed by atoms with Crippen molar-refractivity contribution < 1.29 is 14.5 Å². The van der Waals surface area contributed by atoms with E-state index < -0.39 is 16.7 Å². The lowest BCUT2D eigenvalue weighted by Crippen LogP contribution is -2.40. The van der Waals surface area contributed by atoms with Crippen LogP contribution in [0.3, 0.4) is 0 Å². The molecular formula is C17H15N3O4. The monoisotopic (exact) mass is 325 g/mol. The van der Waals surface area contributed by atoms with Gasteiger partial charge in [0.25, 0.3) is 17.5 Å². The molecule has 0 aromatic heterocycles. The summed E-state index contributed by atoms with van der Waals surface area (Å²) in [5, 5.41) is 10.7. The number of aryl methyl sites for hydroxylation is 1. The summed E-state index contributed by atoms with van der Waals surface area (Å²) in [5.74, 6) is -1.16. The lowest BCUT2D eigenvalue weighted by Gasteiger charge is -2.05. The van der Waals surface area contributed by atoms with Crippen molar-refractivity contribution in [2.75, 3.05) is 0 Å². The van der Waals surface area contributed by atoms with Crippen LogP contribution in [-0.4, -0.2) is 16.7 Å². The van der Waals surface area contributed by atoms with Crippen molar-refractivity contribution in [2.24, 2.45) is 0 Å². The quantitative estimate of drug-likeness (QED) is 0.512. The Bertz CT molecular complexity index is 815. The molecule has 2 N–H and O–H groups in total. The minimum atomic E-state index is -0.643. The number of hydrogen-bond acceptors (Lipinski definition) is 4. The van der Waals surface area contributed by atoms with Crippen molar-refractivity contribution in [2.45, 2.75) is 6.92 Å². The summed E-state index contributed by atoms with van der Waals surface area (Å²) in [6, 6.07) is 12.8. The Labute approximate surface area is 138 Å². The first-order valence-electron chi connectivity index (χ1n) is 7.05. The maximum Gasteiger partial charge on any atom is 0.270 e. The number of nitro benzene ring substituents is 1. The van der Waals surface area contributed by atoms with Gasteiger partial charge in [0.2, 0.25) is 0 Å². The molecule has 2 amide bonds. The molecule has 7 nitrogen and oxygen atoms in total. The topological polar surface area (TPSA) is 101 Å². The van der Waals surface area contributed by atoms with Crippen LogP contribution in [0.25, 0.3) is 6.08 Å². The average molecular weight is 325 g/mol. The maximum absolute atomic E-state index is 11.9. The minimum absolute atomic E-state index is 0.0761. The van der Waals surface area contributed by atoms with Gasteiger partial charge in [0.05, 0.1) is 4.92 Å². The highest BCUT2D eigenvalue weighted by atomic mass is 16.6. The molecule has 0 atom stereocenters. The maximum atomic E-state index is 11.9. The fourth-order valence-corrected chi connectivity index (χ4v) is 1.94. The third-order valence-electron chi connectivity index (χ3n) is 3.09. The zero-order chi connectivity index (χ0) is 17.5. The molecule has 0 aliphatic rings. The second-order valence-corrected chi connectivity index (χ2v) is 5.00. The summed E-state index contributed by atoms with van der Waals surface area (Å²) in [5.41, 5.74) is 6.22. The molecule has 0 aliphatic heterocycles. The third-order valence-corrected chi connectivity index (χ3v) is 3.09. The summed E-state index contributed by atoms with van der Waals surface area (Å²) >= 11 is 0. The van der Waals surface area contributed by atoms with Gasteiger partial charge in [-0.1, -0.05) is 35.9 Å². The van der Waals surface area contributed by atoms with E-state index in [-0.39, 0.29) is 11.3 Å². The standard InChI is InChI=1S/C17H15N3O4/c1-12-4-2-5-13(10-12)8-9-16(21)18-19-17(22)14-6-3-7-15(11-14)20(23)24/h2-11H,1H3,(H,18,21)(H,19,22)/b9-8+. The lowest BCUT2D eigenvalue weighted by molar-refractivity contribution is -0.384. The van der Waals surface area contributed by atoms with Crippen molar-refractivity contribution in [3.8, 4) is 0 Å². The molecule has 122 valence electrons. The molecular weight excluding hydrogens is 310 g/mol. The van der Waals surface area contributed by atoms with Gasteiger partial charge in [0.15, 0.2) is 0 Å². The Morgan fingerprint density at radius 1 is 1.08 bits per heavy atom. The Balaban J connectivity index is 1.92. The highest BCUT2D eigenvalue weighted by Gasteiger charge is 2.11. The normalized spacial score (nSPS) is 10.4. The van der Waals surface area contributed by atoms with Crippen LogP contribution < -0.4 is 10.9 Å². The number of nitro groups is 1. The van der Waals surface area contributed by atoms with Crippen LogP contribution in [0.4, 0.5) is 5.69 Å². The van der Waals surface area contributed by atoms with E-state index in [1.165, 1.54) is 24.3 Å². The number of benzene rings is 2. The molecule has 2 aromatic carbocycles. The van der Waals surface area contributed by atoms with Crippen molar-refractivity contribution in [3.63, 3.8) is 0 Å². The fourth-order valence-electron chi connectivity index (χ4n) is 1.94. The molecule has 2 rings (SSSR count). The highest BCUT2D eigenvalue weighted by Crippen LogP contribution is 2.12. The van der Waals surface area contributed by atoms with Gasteiger partial charge in [-0.05, 0) is 24.6 Å². The predicted molar refractivity (Wildman–Crippen MR) is 88.9 cm³/mol. The first-order chi connectivity index (χ1) is 11.5. The summed E-state index contributed by atoms with van der Waals surface area (Å²) in [6.45, 7) is 1.94. The number of amides is 2. The van der Waals surface area contributed by atoms with E-state index in [1.807, 2.05) is 31.2 Å². The van der Waals surface area contributed by atoms with Gasteiger partial charge in [-0.2, -0.15) is 0 Å². The molecule has 0 unspecified atom stereocenters. The molecule has 2 aromatic rings. The summed E-state index contributed by atoms with van der Waals surface area (Å²) < 4.78 is 0. The summed E-state index contributed by atoms with van der Waals surface area (Å²) in [6.07, 6.45) is 2.89. The predicted octanol–water partition coefficient (Wildman–Crippen LogP) is 2.38. The van der Waals surface area contributed by atoms with Gasteiger partial charge in [0, 0.05) is 23.8 Å². The van der Waals surface area contributed by atoms with Crippen LogP contribution in [0, 0.1) is 17.0 Å². The second kappa shape index (κ2) is 7.68. The number of carbonyl (C=O) groups is 2. The number of non-ortho nitro benzene ring substituents is 1. The van der Waals surface area contributed by atoms with Crippen molar-refractivity contribution in [1.82, 2.24) is 10.9 Å². The molecule has 0 fully saturated rings. The largest absolute Gasteiger partial charge is 0.270 e. The van der Waals surface area contributed by atoms with E-state index in [0.717, 1.165) is 17.2 Å². The van der Waals surface area contributed by atoms with E-state index >= 15 is 0 Å². The first kappa shape index (κ1) is 16.9. The Morgan fingerprint density at radius 3 is 2.54 bits per heavy atom. The van der Waals surface area contributed by atoms with Crippen LogP contribution >= 0.6 is 0 Å². The molecule has 0 radical (unpaired) electrons. The molecule has 0 aliphatic carbocycles. The number of rotatable bonds is 4. The van der Waals surface area contributed by atoms with Gasteiger partial charge < -0.3 is 0 Å². The van der Waals surface area contributed by atoms with Crippen LogP contribution in [-0.2, 0) is 4.79 Å². The van der Waals surface area contributed by atoms with Crippen LogP contribution in [0.5, 0.6) is 0 Å². The van der Waals surface area contributed by atoms with Crippen LogP contribution in [0.1, 0.15) is 21.5 Å². The summed E-state index contributed by atoms with van der Waals surface area (Å²) in [4.78, 5) is 33.6. The molecule has 0 spiro atoms. The Morgan fingerprint density at radius 2 is 1.83 bits per heavy atom. The number of hydrazine groups is 1. The SMILES string of the molecule is Cc1cccc(/C=C/C(=O)NNC(=O)c2cccc([N+](=O)[O-])c2)c1. The molecule has 0 bridgehead atoms. The zero-order valence-electron chi connectivity index (χ0n) is 12.9. The Hall–Kier alpha value is -3.48. The van der Waals surface area contributed by atoms with Gasteiger partial charge in [-0.15, -0.1) is 0 Å². The molecule has 0 heterocycles. The van der Waals surface area contributed by atoms with E-state index in [1.54, 1.807) is 6.08 Å². The smallest absolute Gasteiger partial charge is 0.268 e. The lowest BCUT2D eigenvalue weighted by atomic mass is 10.1. The number of nitrogens with one attached hydrogen (secondary N) is 2. The number of nitrogens with zero attached hydrogens (tertiary/aromatic N) is 1. The van der Waals surface area contributed by atoms with Crippen LogP contribution in [0.15, 0.2) is 54.6 Å². The fraction of sp³-hybridized carbons (Fsp3) is 0.0588. The van der Waals surface area contributed by atoms with Crippen LogP contribution in [0.2, 0.25) is 0 Å². The van der Waals surface area contributed by atoms with E-state index in [2.05, 4.69) is 10.9 Å². The summed E-state index contributed by atoms with van der Waals surface area (Å²) in [7, 11) is 0. The molecule has 0 saturated heterocycles. The minimum Gasteiger partial charge on any atom is -0.268 e. The third kappa shape index (κ3) is 4.77. The van der Waals surface area contributed by atoms with E-state index in [0.29, 0.717) is 0 Å². The molecule has 24 heavy (non-hydrogen) atoms. The molecule has 0 saturated carbocycles. The van der Waals surface area contributed by atoms with E-state index in [4.69, 9.17) is 0 Å². The Kier molecular flexibility index (Phi) is 5.40. The van der Waals surface area contributed by atoms with Gasteiger partial charge in [-0.3, -0.25) is 30.6 Å². The van der Waals surface area contributed by atoms with E-state index in [9.17, 15) is 19.7 Å². The van der Waals surface area contributed by atoms with Gasteiger partial charge in [-0.25, -0.2) is 0 Å². The number of carbonyl (C=O) groups excluding carboxylic acids is 2. The number of hydrogen-bond donors (Lipinski definition) is 2. The second-order valence-electron chi connectivity index (χ2n) is 5.00. The highest BCUT2D eigenvalue weighted by molar-refractivity contribution is 5.98. The van der Waals surface area contributed by atoms with Gasteiger partial charge in [0.1, 0.15) is 0 Å². The van der Waals surface area contributed by atoms with Crippen molar-refractivity contribution >= 4 is 23.6 Å². The van der Waals surface area contributed by atoms with Crippen molar-refractivity contribution in [1.29, 1.82) is 0 Å².